The Kier molecular flexibility index (Phi) is 7.37. The van der Waals surface area contributed by atoms with Crippen LogP contribution >= 0.6 is 0 Å². The predicted molar refractivity (Wildman–Crippen MR) is 90.8 cm³/mol. The van der Waals surface area contributed by atoms with Gasteiger partial charge in [-0.3, -0.25) is 4.79 Å². The fourth-order valence-electron chi connectivity index (χ4n) is 3.83. The van der Waals surface area contributed by atoms with Crippen molar-refractivity contribution in [1.29, 1.82) is 0 Å². The third-order valence-corrected chi connectivity index (χ3v) is 4.63. The zero-order chi connectivity index (χ0) is 16.8. The highest BCUT2D eigenvalue weighted by Gasteiger charge is 2.43. The second-order valence-electron chi connectivity index (χ2n) is 8.65. The van der Waals surface area contributed by atoms with Crippen molar-refractivity contribution in [1.82, 2.24) is 0 Å². The molecule has 1 rings (SSSR count). The van der Waals surface area contributed by atoms with Gasteiger partial charge < -0.3 is 9.47 Å². The van der Waals surface area contributed by atoms with E-state index in [1.165, 1.54) is 26.4 Å². The number of hydrogen-bond donors (Lipinski definition) is 0. The first-order valence-electron chi connectivity index (χ1n) is 8.84. The van der Waals surface area contributed by atoms with Crippen molar-refractivity contribution in [3.8, 4) is 0 Å². The molecule has 0 amide bonds. The van der Waals surface area contributed by atoms with E-state index in [1.807, 2.05) is 0 Å². The molecule has 0 spiro atoms. The lowest BCUT2D eigenvalue weighted by atomic mass is 9.72. The van der Waals surface area contributed by atoms with Crippen LogP contribution in [0, 0.1) is 22.7 Å². The second-order valence-corrected chi connectivity index (χ2v) is 8.65. The van der Waals surface area contributed by atoms with Crippen LogP contribution in [-0.2, 0) is 14.3 Å². The first-order valence-corrected chi connectivity index (χ1v) is 8.84. The molecule has 0 N–H and O–H groups in total. The quantitative estimate of drug-likeness (QED) is 0.405. The topological polar surface area (TPSA) is 35.5 Å². The van der Waals surface area contributed by atoms with Crippen LogP contribution < -0.4 is 0 Å². The lowest BCUT2D eigenvalue weighted by molar-refractivity contribution is -0.141. The molecular formula is C19H36O3. The van der Waals surface area contributed by atoms with Crippen molar-refractivity contribution in [3.05, 3.63) is 0 Å². The van der Waals surface area contributed by atoms with Crippen molar-refractivity contribution in [2.75, 3.05) is 20.3 Å². The molecule has 0 bridgehead atoms. The third kappa shape index (κ3) is 7.62. The highest BCUT2D eigenvalue weighted by molar-refractivity contribution is 5.69. The number of ether oxygens (including phenoxy) is 2. The van der Waals surface area contributed by atoms with Crippen LogP contribution in [0.2, 0.25) is 0 Å². The first kappa shape index (κ1) is 19.5. The molecule has 130 valence electrons. The van der Waals surface area contributed by atoms with Gasteiger partial charge in [-0.1, -0.05) is 41.0 Å². The minimum absolute atomic E-state index is 0.0602. The average Bonchev–Trinajstić information content (AvgIpc) is 3.09. The van der Waals surface area contributed by atoms with Gasteiger partial charge in [0.2, 0.25) is 0 Å². The molecule has 1 saturated carbocycles. The van der Waals surface area contributed by atoms with Gasteiger partial charge in [0, 0.05) is 13.0 Å². The lowest BCUT2D eigenvalue weighted by Gasteiger charge is -2.35. The van der Waals surface area contributed by atoms with Crippen LogP contribution in [0.25, 0.3) is 0 Å². The number of unbranched alkanes of at least 4 members (excludes halogenated alkanes) is 1. The van der Waals surface area contributed by atoms with E-state index in [4.69, 9.17) is 9.47 Å². The molecule has 0 radical (unpaired) electrons. The van der Waals surface area contributed by atoms with E-state index >= 15 is 0 Å². The van der Waals surface area contributed by atoms with E-state index in [2.05, 4.69) is 34.6 Å². The van der Waals surface area contributed by atoms with Crippen molar-refractivity contribution in [3.63, 3.8) is 0 Å². The van der Waals surface area contributed by atoms with Crippen molar-refractivity contribution >= 4 is 5.97 Å². The largest absolute Gasteiger partial charge is 0.469 e. The van der Waals surface area contributed by atoms with Crippen molar-refractivity contribution < 1.29 is 14.3 Å². The minimum atomic E-state index is -0.0602. The van der Waals surface area contributed by atoms with Crippen molar-refractivity contribution in [2.45, 2.75) is 73.1 Å². The van der Waals surface area contributed by atoms with Gasteiger partial charge in [0.15, 0.2) is 0 Å². The zero-order valence-electron chi connectivity index (χ0n) is 15.5. The van der Waals surface area contributed by atoms with Gasteiger partial charge in [0.05, 0.1) is 13.7 Å². The summed E-state index contributed by atoms with van der Waals surface area (Å²) in [5, 5.41) is 0. The summed E-state index contributed by atoms with van der Waals surface area (Å²) in [6.07, 6.45) is 6.49. The van der Waals surface area contributed by atoms with Gasteiger partial charge in [0.1, 0.15) is 0 Å². The predicted octanol–water partition coefficient (Wildman–Crippen LogP) is 4.83. The average molecular weight is 312 g/mol. The maximum absolute atomic E-state index is 11.3. The zero-order valence-corrected chi connectivity index (χ0v) is 15.5. The Morgan fingerprint density at radius 1 is 1.14 bits per heavy atom. The van der Waals surface area contributed by atoms with E-state index in [9.17, 15) is 4.79 Å². The maximum Gasteiger partial charge on any atom is 0.305 e. The standard InChI is InChI=1S/C19H36O3/c1-7-8-9-22-14-19(4,5)13-18(2,3)12-16-10-15(16)11-17(20)21-6/h15-16H,7-14H2,1-6H3. The molecule has 2 atom stereocenters. The Morgan fingerprint density at radius 2 is 1.82 bits per heavy atom. The van der Waals surface area contributed by atoms with Crippen LogP contribution in [0.3, 0.4) is 0 Å². The third-order valence-electron chi connectivity index (χ3n) is 4.63. The van der Waals surface area contributed by atoms with Gasteiger partial charge in [-0.2, -0.15) is 0 Å². The van der Waals surface area contributed by atoms with Crippen LogP contribution in [0.4, 0.5) is 0 Å². The Morgan fingerprint density at radius 3 is 2.41 bits per heavy atom. The van der Waals surface area contributed by atoms with E-state index < -0.39 is 0 Å². The Hall–Kier alpha value is -0.570. The van der Waals surface area contributed by atoms with Gasteiger partial charge in [-0.25, -0.2) is 0 Å². The van der Waals surface area contributed by atoms with Gasteiger partial charge in [0.25, 0.3) is 0 Å². The Bertz CT molecular complexity index is 347. The molecule has 3 heteroatoms. The molecule has 0 aliphatic heterocycles. The van der Waals surface area contributed by atoms with Gasteiger partial charge >= 0.3 is 5.97 Å². The molecule has 1 fully saturated rings. The van der Waals surface area contributed by atoms with E-state index in [0.29, 0.717) is 23.7 Å². The van der Waals surface area contributed by atoms with Crippen LogP contribution in [-0.4, -0.2) is 26.3 Å². The summed E-state index contributed by atoms with van der Waals surface area (Å²) < 4.78 is 10.6. The highest BCUT2D eigenvalue weighted by atomic mass is 16.5. The summed E-state index contributed by atoms with van der Waals surface area (Å²) in [5.74, 6) is 1.19. The number of carbonyl (C=O) groups excluding carboxylic acids is 1. The summed E-state index contributed by atoms with van der Waals surface area (Å²) >= 11 is 0. The van der Waals surface area contributed by atoms with Crippen LogP contribution in [0.5, 0.6) is 0 Å². The Balaban J connectivity index is 2.32. The monoisotopic (exact) mass is 312 g/mol. The van der Waals surface area contributed by atoms with E-state index in [-0.39, 0.29) is 11.4 Å². The molecule has 0 heterocycles. The molecule has 1 aliphatic carbocycles. The van der Waals surface area contributed by atoms with Crippen molar-refractivity contribution in [2.24, 2.45) is 22.7 Å². The Labute approximate surface area is 137 Å². The van der Waals surface area contributed by atoms with E-state index in [0.717, 1.165) is 26.1 Å². The lowest BCUT2D eigenvalue weighted by Crippen LogP contribution is -2.28. The van der Waals surface area contributed by atoms with E-state index in [1.54, 1.807) is 0 Å². The summed E-state index contributed by atoms with van der Waals surface area (Å²) in [4.78, 5) is 11.3. The van der Waals surface area contributed by atoms with Gasteiger partial charge in [-0.05, 0) is 48.3 Å². The molecular weight excluding hydrogens is 276 g/mol. The number of carbonyl (C=O) groups is 1. The number of rotatable bonds is 11. The molecule has 22 heavy (non-hydrogen) atoms. The van der Waals surface area contributed by atoms with Gasteiger partial charge in [-0.15, -0.1) is 0 Å². The molecule has 0 aromatic rings. The number of hydrogen-bond acceptors (Lipinski definition) is 3. The number of methoxy groups -OCH3 is 1. The first-order chi connectivity index (χ1) is 10.2. The summed E-state index contributed by atoms with van der Waals surface area (Å²) in [6.45, 7) is 13.2. The highest BCUT2D eigenvalue weighted by Crippen LogP contribution is 2.50. The summed E-state index contributed by atoms with van der Waals surface area (Å²) in [6, 6.07) is 0. The fourth-order valence-corrected chi connectivity index (χ4v) is 3.83. The molecule has 0 saturated heterocycles. The summed E-state index contributed by atoms with van der Waals surface area (Å²) in [7, 11) is 1.48. The van der Waals surface area contributed by atoms with Crippen LogP contribution in [0.1, 0.15) is 73.1 Å². The second kappa shape index (κ2) is 8.33. The number of esters is 1. The smallest absolute Gasteiger partial charge is 0.305 e. The fraction of sp³-hybridized carbons (Fsp3) is 0.947. The van der Waals surface area contributed by atoms with Crippen LogP contribution in [0.15, 0.2) is 0 Å². The maximum atomic E-state index is 11.3. The molecule has 2 unspecified atom stereocenters. The summed E-state index contributed by atoms with van der Waals surface area (Å²) in [5.41, 5.74) is 0.511. The molecule has 0 aromatic carbocycles. The SMILES string of the molecule is CCCCOCC(C)(C)CC(C)(C)CC1CC1CC(=O)OC. The molecule has 1 aliphatic rings. The molecule has 0 aromatic heterocycles. The normalized spacial score (nSPS) is 21.7. The molecule has 3 nitrogen and oxygen atoms in total. The minimum Gasteiger partial charge on any atom is -0.469 e.